The summed E-state index contributed by atoms with van der Waals surface area (Å²) in [6.45, 7) is 6.01. The van der Waals surface area contributed by atoms with Crippen LogP contribution < -0.4 is 4.74 Å². The Morgan fingerprint density at radius 2 is 1.91 bits per heavy atom. The van der Waals surface area contributed by atoms with E-state index in [9.17, 15) is 9.18 Å². The topological polar surface area (TPSA) is 29.5 Å². The Kier molecular flexibility index (Phi) is 4.33. The molecule has 0 heterocycles. The SMILES string of the molecule is C#Cc1c(F)ccc2cc(OC(=O)N(C)C)cc(C(C)(C)C)c12. The zero-order valence-corrected chi connectivity index (χ0v) is 14.0. The molecule has 2 aromatic carbocycles. The molecule has 1 amide bonds. The lowest BCUT2D eigenvalue weighted by Gasteiger charge is -2.23. The first-order valence-corrected chi connectivity index (χ1v) is 7.27. The van der Waals surface area contributed by atoms with Crippen molar-refractivity contribution in [3.05, 3.63) is 41.2 Å². The maximum absolute atomic E-state index is 14.1. The van der Waals surface area contributed by atoms with E-state index in [4.69, 9.17) is 11.2 Å². The van der Waals surface area contributed by atoms with Crippen molar-refractivity contribution in [2.45, 2.75) is 26.2 Å². The van der Waals surface area contributed by atoms with Gasteiger partial charge in [-0.15, -0.1) is 6.42 Å². The molecular formula is C19H20FNO2. The van der Waals surface area contributed by atoms with Gasteiger partial charge in [-0.05, 0) is 34.6 Å². The van der Waals surface area contributed by atoms with Crippen molar-refractivity contribution in [2.75, 3.05) is 14.1 Å². The van der Waals surface area contributed by atoms with Crippen molar-refractivity contribution < 1.29 is 13.9 Å². The number of benzene rings is 2. The predicted molar refractivity (Wildman–Crippen MR) is 90.3 cm³/mol. The summed E-state index contributed by atoms with van der Waals surface area (Å²) < 4.78 is 19.4. The van der Waals surface area contributed by atoms with E-state index in [1.807, 2.05) is 20.8 Å². The smallest absolute Gasteiger partial charge is 0.410 e. The quantitative estimate of drug-likeness (QED) is 0.734. The summed E-state index contributed by atoms with van der Waals surface area (Å²) in [6.07, 6.45) is 5.04. The van der Waals surface area contributed by atoms with Gasteiger partial charge < -0.3 is 9.64 Å². The highest BCUT2D eigenvalue weighted by Gasteiger charge is 2.22. The Labute approximate surface area is 136 Å². The van der Waals surface area contributed by atoms with Gasteiger partial charge in [-0.1, -0.05) is 32.8 Å². The summed E-state index contributed by atoms with van der Waals surface area (Å²) in [7, 11) is 3.22. The van der Waals surface area contributed by atoms with Crippen LogP contribution >= 0.6 is 0 Å². The Morgan fingerprint density at radius 1 is 1.26 bits per heavy atom. The second-order valence-electron chi connectivity index (χ2n) is 6.65. The molecule has 0 bridgehead atoms. The van der Waals surface area contributed by atoms with Crippen LogP contribution in [0.4, 0.5) is 9.18 Å². The molecule has 4 heteroatoms. The van der Waals surface area contributed by atoms with Gasteiger partial charge in [0.05, 0.1) is 5.56 Å². The summed E-state index contributed by atoms with van der Waals surface area (Å²) in [5, 5.41) is 1.43. The van der Waals surface area contributed by atoms with Gasteiger partial charge in [0, 0.05) is 19.5 Å². The number of hydrogen-bond acceptors (Lipinski definition) is 2. The Morgan fingerprint density at radius 3 is 2.43 bits per heavy atom. The molecule has 0 saturated heterocycles. The molecule has 23 heavy (non-hydrogen) atoms. The van der Waals surface area contributed by atoms with Gasteiger partial charge >= 0.3 is 6.09 Å². The van der Waals surface area contributed by atoms with E-state index in [2.05, 4.69) is 5.92 Å². The number of fused-ring (bicyclic) bond motifs is 1. The maximum atomic E-state index is 14.1. The lowest BCUT2D eigenvalue weighted by Crippen LogP contribution is -2.25. The lowest BCUT2D eigenvalue weighted by atomic mass is 9.82. The highest BCUT2D eigenvalue weighted by atomic mass is 19.1. The number of carbonyl (C=O) groups is 1. The number of terminal acetylenes is 1. The zero-order valence-electron chi connectivity index (χ0n) is 14.0. The highest BCUT2D eigenvalue weighted by Crippen LogP contribution is 2.36. The molecule has 0 aromatic heterocycles. The average Bonchev–Trinajstić information content (AvgIpc) is 2.45. The Balaban J connectivity index is 2.76. The molecule has 0 N–H and O–H groups in total. The molecule has 3 nitrogen and oxygen atoms in total. The summed E-state index contributed by atoms with van der Waals surface area (Å²) >= 11 is 0. The maximum Gasteiger partial charge on any atom is 0.414 e. The standard InChI is InChI=1S/C19H20FNO2/c1-7-14-16(20)9-8-12-10-13(23-18(22)21(5)6)11-15(17(12)14)19(2,3)4/h1,8-11H,2-6H3. The third-order valence-corrected chi connectivity index (χ3v) is 3.56. The molecule has 120 valence electrons. The van der Waals surface area contributed by atoms with Crippen LogP contribution in [0.1, 0.15) is 31.9 Å². The summed E-state index contributed by atoms with van der Waals surface area (Å²) in [4.78, 5) is 13.1. The average molecular weight is 313 g/mol. The van der Waals surface area contributed by atoms with Crippen LogP contribution in [0.15, 0.2) is 24.3 Å². The van der Waals surface area contributed by atoms with Gasteiger partial charge in [-0.3, -0.25) is 0 Å². The van der Waals surface area contributed by atoms with Crippen LogP contribution in [0, 0.1) is 18.2 Å². The van der Waals surface area contributed by atoms with E-state index >= 15 is 0 Å². The number of carbonyl (C=O) groups excluding carboxylic acids is 1. The van der Waals surface area contributed by atoms with Crippen LogP contribution in [-0.4, -0.2) is 25.1 Å². The zero-order chi connectivity index (χ0) is 17.4. The molecule has 0 saturated carbocycles. The van der Waals surface area contributed by atoms with Crippen LogP contribution in [0.2, 0.25) is 0 Å². The van der Waals surface area contributed by atoms with Gasteiger partial charge in [-0.2, -0.15) is 0 Å². The summed E-state index contributed by atoms with van der Waals surface area (Å²) in [5.41, 5.74) is 0.778. The van der Waals surface area contributed by atoms with Crippen molar-refractivity contribution in [3.8, 4) is 18.1 Å². The molecule has 2 aromatic rings. The summed E-state index contributed by atoms with van der Waals surface area (Å²) in [6, 6.07) is 6.44. The number of nitrogens with zero attached hydrogens (tertiary/aromatic N) is 1. The van der Waals surface area contributed by atoms with E-state index in [-0.39, 0.29) is 11.0 Å². The monoisotopic (exact) mass is 313 g/mol. The number of ether oxygens (including phenoxy) is 1. The van der Waals surface area contributed by atoms with Gasteiger partial charge in [0.25, 0.3) is 0 Å². The number of amides is 1. The summed E-state index contributed by atoms with van der Waals surface area (Å²) in [5.74, 6) is 2.42. The van der Waals surface area contributed by atoms with Crippen molar-refractivity contribution in [1.82, 2.24) is 4.90 Å². The van der Waals surface area contributed by atoms with E-state index in [0.717, 1.165) is 10.9 Å². The second-order valence-corrected chi connectivity index (χ2v) is 6.65. The number of halogens is 1. The first-order chi connectivity index (χ1) is 10.6. The van der Waals surface area contributed by atoms with Crippen molar-refractivity contribution in [3.63, 3.8) is 0 Å². The molecule has 2 rings (SSSR count). The fourth-order valence-electron chi connectivity index (χ4n) is 2.40. The number of hydrogen-bond donors (Lipinski definition) is 0. The van der Waals surface area contributed by atoms with Crippen LogP contribution in [0.5, 0.6) is 5.75 Å². The minimum Gasteiger partial charge on any atom is -0.410 e. The van der Waals surface area contributed by atoms with Crippen LogP contribution in [-0.2, 0) is 5.41 Å². The molecule has 0 aliphatic carbocycles. The van der Waals surface area contributed by atoms with E-state index in [1.165, 1.54) is 11.0 Å². The van der Waals surface area contributed by atoms with E-state index < -0.39 is 11.9 Å². The molecule has 0 fully saturated rings. The third kappa shape index (κ3) is 3.29. The Hall–Kier alpha value is -2.54. The van der Waals surface area contributed by atoms with Gasteiger partial charge in [0.1, 0.15) is 11.6 Å². The predicted octanol–water partition coefficient (Wildman–Crippen LogP) is 4.32. The molecule has 0 aliphatic rings. The highest BCUT2D eigenvalue weighted by molar-refractivity contribution is 5.93. The normalized spacial score (nSPS) is 11.2. The minimum absolute atomic E-state index is 0.234. The van der Waals surface area contributed by atoms with Crippen molar-refractivity contribution >= 4 is 16.9 Å². The third-order valence-electron chi connectivity index (χ3n) is 3.56. The van der Waals surface area contributed by atoms with Crippen molar-refractivity contribution in [1.29, 1.82) is 0 Å². The number of rotatable bonds is 1. The van der Waals surface area contributed by atoms with Crippen LogP contribution in [0.3, 0.4) is 0 Å². The van der Waals surface area contributed by atoms with Crippen molar-refractivity contribution in [2.24, 2.45) is 0 Å². The molecule has 0 unspecified atom stereocenters. The van der Waals surface area contributed by atoms with E-state index in [1.54, 1.807) is 32.3 Å². The largest absolute Gasteiger partial charge is 0.414 e. The minimum atomic E-state index is -0.469. The van der Waals surface area contributed by atoms with Gasteiger partial charge in [0.15, 0.2) is 0 Å². The Bertz CT molecular complexity index is 811. The fraction of sp³-hybridized carbons (Fsp3) is 0.316. The molecule has 0 aliphatic heterocycles. The van der Waals surface area contributed by atoms with Crippen LogP contribution in [0.25, 0.3) is 10.8 Å². The van der Waals surface area contributed by atoms with Gasteiger partial charge in [-0.25, -0.2) is 9.18 Å². The second kappa shape index (κ2) is 5.92. The molecule has 0 radical (unpaired) electrons. The fourth-order valence-corrected chi connectivity index (χ4v) is 2.40. The molecular weight excluding hydrogens is 293 g/mol. The van der Waals surface area contributed by atoms with Gasteiger partial charge in [0.2, 0.25) is 0 Å². The molecule has 0 spiro atoms. The lowest BCUT2D eigenvalue weighted by molar-refractivity contribution is 0.172. The first kappa shape index (κ1) is 16.8. The van der Waals surface area contributed by atoms with E-state index in [0.29, 0.717) is 11.1 Å². The first-order valence-electron chi connectivity index (χ1n) is 7.27. The molecule has 0 atom stereocenters.